The van der Waals surface area contributed by atoms with Crippen molar-refractivity contribution in [3.05, 3.63) is 29.8 Å². The second-order valence-electron chi connectivity index (χ2n) is 5.70. The summed E-state index contributed by atoms with van der Waals surface area (Å²) in [6.45, 7) is 6.08. The van der Waals surface area contributed by atoms with Gasteiger partial charge in [0, 0.05) is 6.07 Å². The molecule has 1 aliphatic rings. The fraction of sp³-hybridized carbons (Fsp3) is 0.562. The van der Waals surface area contributed by atoms with Gasteiger partial charge in [-0.15, -0.1) is 12.4 Å². The van der Waals surface area contributed by atoms with Crippen molar-refractivity contribution >= 4 is 24.0 Å². The van der Waals surface area contributed by atoms with Crippen LogP contribution < -0.4 is 10.6 Å². The van der Waals surface area contributed by atoms with Gasteiger partial charge in [0.15, 0.2) is 0 Å². The molecule has 1 amide bonds. The molecule has 0 saturated carbocycles. The molecule has 0 spiro atoms. The van der Waals surface area contributed by atoms with E-state index in [1.807, 2.05) is 0 Å². The average Bonchev–Trinajstić information content (AvgIpc) is 2.49. The van der Waals surface area contributed by atoms with E-state index in [1.54, 1.807) is 0 Å². The monoisotopic (exact) mass is 347 g/mol. The third kappa shape index (κ3) is 6.41. The fourth-order valence-corrected chi connectivity index (χ4v) is 2.68. The standard InChI is InChI=1S/C16H23F2N3O.ClH/c1-2-19-10-12-5-7-21(8-6-12)11-16(22)20-15-4-3-13(17)9-14(15)18;/h3-4,9,12,19H,2,5-8,10-11H2,1H3,(H,20,22);1H. The highest BCUT2D eigenvalue weighted by Crippen LogP contribution is 2.17. The van der Waals surface area contributed by atoms with Crippen molar-refractivity contribution < 1.29 is 13.6 Å². The van der Waals surface area contributed by atoms with Gasteiger partial charge in [-0.25, -0.2) is 8.78 Å². The third-order valence-corrected chi connectivity index (χ3v) is 3.96. The Morgan fingerprint density at radius 1 is 1.30 bits per heavy atom. The number of carbonyl (C=O) groups is 1. The predicted molar refractivity (Wildman–Crippen MR) is 89.9 cm³/mol. The molecule has 4 nitrogen and oxygen atoms in total. The minimum atomic E-state index is -0.752. The molecule has 23 heavy (non-hydrogen) atoms. The van der Waals surface area contributed by atoms with Crippen LogP contribution in [0.25, 0.3) is 0 Å². The maximum absolute atomic E-state index is 13.5. The highest BCUT2D eigenvalue weighted by atomic mass is 35.5. The zero-order valence-corrected chi connectivity index (χ0v) is 14.1. The lowest BCUT2D eigenvalue weighted by molar-refractivity contribution is -0.117. The Balaban J connectivity index is 0.00000264. The number of benzene rings is 1. The number of piperidine rings is 1. The molecule has 130 valence electrons. The van der Waals surface area contributed by atoms with Crippen molar-refractivity contribution in [2.75, 3.05) is 38.0 Å². The number of rotatable bonds is 6. The fourth-order valence-electron chi connectivity index (χ4n) is 2.68. The van der Waals surface area contributed by atoms with Gasteiger partial charge in [-0.05, 0) is 57.1 Å². The van der Waals surface area contributed by atoms with Crippen molar-refractivity contribution in [3.63, 3.8) is 0 Å². The molecule has 0 atom stereocenters. The normalized spacial score (nSPS) is 16.0. The van der Waals surface area contributed by atoms with Gasteiger partial charge < -0.3 is 10.6 Å². The first-order chi connectivity index (χ1) is 10.6. The van der Waals surface area contributed by atoms with E-state index in [-0.39, 0.29) is 30.5 Å². The van der Waals surface area contributed by atoms with Gasteiger partial charge >= 0.3 is 0 Å². The van der Waals surface area contributed by atoms with E-state index >= 15 is 0 Å². The van der Waals surface area contributed by atoms with E-state index in [0.717, 1.165) is 51.2 Å². The maximum Gasteiger partial charge on any atom is 0.238 e. The molecule has 0 aromatic heterocycles. The summed E-state index contributed by atoms with van der Waals surface area (Å²) in [5, 5.41) is 5.84. The predicted octanol–water partition coefficient (Wildman–Crippen LogP) is 2.65. The SMILES string of the molecule is CCNCC1CCN(CC(=O)Nc2ccc(F)cc2F)CC1.Cl. The number of halogens is 3. The molecule has 0 unspecified atom stereocenters. The Morgan fingerprint density at radius 2 is 2.00 bits per heavy atom. The molecular formula is C16H24ClF2N3O. The van der Waals surface area contributed by atoms with Crippen LogP contribution in [0.2, 0.25) is 0 Å². The number of anilines is 1. The molecule has 0 bridgehead atoms. The van der Waals surface area contributed by atoms with Crippen LogP contribution in [0, 0.1) is 17.6 Å². The largest absolute Gasteiger partial charge is 0.322 e. The summed E-state index contributed by atoms with van der Waals surface area (Å²) >= 11 is 0. The molecule has 0 radical (unpaired) electrons. The highest BCUT2D eigenvalue weighted by molar-refractivity contribution is 5.92. The van der Waals surface area contributed by atoms with Crippen molar-refractivity contribution in [3.8, 4) is 0 Å². The second kappa shape index (κ2) is 9.80. The molecule has 1 aromatic rings. The summed E-state index contributed by atoms with van der Waals surface area (Å²) in [4.78, 5) is 14.0. The van der Waals surface area contributed by atoms with Crippen molar-refractivity contribution in [1.82, 2.24) is 10.2 Å². The molecule has 2 N–H and O–H groups in total. The number of hydrogen-bond acceptors (Lipinski definition) is 3. The van der Waals surface area contributed by atoms with Gasteiger partial charge in [0.25, 0.3) is 0 Å². The van der Waals surface area contributed by atoms with Crippen LogP contribution in [0.4, 0.5) is 14.5 Å². The van der Waals surface area contributed by atoms with Crippen LogP contribution in [-0.4, -0.2) is 43.5 Å². The van der Waals surface area contributed by atoms with E-state index in [1.165, 1.54) is 6.07 Å². The molecule has 7 heteroatoms. The average molecular weight is 348 g/mol. The summed E-state index contributed by atoms with van der Waals surface area (Å²) in [7, 11) is 0. The number of nitrogens with zero attached hydrogens (tertiary/aromatic N) is 1. The zero-order valence-electron chi connectivity index (χ0n) is 13.3. The Bertz CT molecular complexity index is 508. The highest BCUT2D eigenvalue weighted by Gasteiger charge is 2.20. The lowest BCUT2D eigenvalue weighted by Gasteiger charge is -2.31. The number of likely N-dealkylation sites (tertiary alicyclic amines) is 1. The van der Waals surface area contributed by atoms with Gasteiger partial charge in [0.2, 0.25) is 5.91 Å². The van der Waals surface area contributed by atoms with Crippen molar-refractivity contribution in [2.45, 2.75) is 19.8 Å². The van der Waals surface area contributed by atoms with Gasteiger partial charge in [-0.1, -0.05) is 6.92 Å². The lowest BCUT2D eigenvalue weighted by Crippen LogP contribution is -2.41. The number of hydrogen-bond donors (Lipinski definition) is 2. The van der Waals surface area contributed by atoms with Crippen molar-refractivity contribution in [2.24, 2.45) is 5.92 Å². The molecule has 1 aliphatic heterocycles. The number of amides is 1. The van der Waals surface area contributed by atoms with E-state index in [4.69, 9.17) is 0 Å². The lowest BCUT2D eigenvalue weighted by atomic mass is 9.97. The quantitative estimate of drug-likeness (QED) is 0.831. The van der Waals surface area contributed by atoms with Gasteiger partial charge in [0.1, 0.15) is 11.6 Å². The van der Waals surface area contributed by atoms with Gasteiger partial charge in [-0.2, -0.15) is 0 Å². The first kappa shape index (κ1) is 19.8. The summed E-state index contributed by atoms with van der Waals surface area (Å²) in [6, 6.07) is 3.14. The van der Waals surface area contributed by atoms with E-state index in [2.05, 4.69) is 22.5 Å². The van der Waals surface area contributed by atoms with E-state index < -0.39 is 11.6 Å². The number of carbonyl (C=O) groups excluding carboxylic acids is 1. The first-order valence-corrected chi connectivity index (χ1v) is 7.76. The van der Waals surface area contributed by atoms with Crippen LogP contribution in [0.15, 0.2) is 18.2 Å². The minimum Gasteiger partial charge on any atom is -0.322 e. The van der Waals surface area contributed by atoms with E-state index in [0.29, 0.717) is 5.92 Å². The summed E-state index contributed by atoms with van der Waals surface area (Å²) in [6.07, 6.45) is 2.12. The molecule has 1 aromatic carbocycles. The Labute approximate surface area is 142 Å². The molecule has 1 heterocycles. The Kier molecular flexibility index (Phi) is 8.44. The Hall–Kier alpha value is -1.24. The zero-order chi connectivity index (χ0) is 15.9. The van der Waals surface area contributed by atoms with Crippen molar-refractivity contribution in [1.29, 1.82) is 0 Å². The van der Waals surface area contributed by atoms with Gasteiger partial charge in [0.05, 0.1) is 12.2 Å². The second-order valence-corrected chi connectivity index (χ2v) is 5.70. The van der Waals surface area contributed by atoms with Crippen LogP contribution >= 0.6 is 12.4 Å². The maximum atomic E-state index is 13.5. The molecule has 1 saturated heterocycles. The number of nitrogens with one attached hydrogen (secondary N) is 2. The summed E-state index contributed by atoms with van der Waals surface area (Å²) in [5.41, 5.74) is 0.0217. The summed E-state index contributed by atoms with van der Waals surface area (Å²) in [5.74, 6) is -1.01. The smallest absolute Gasteiger partial charge is 0.238 e. The first-order valence-electron chi connectivity index (χ1n) is 7.76. The molecule has 0 aliphatic carbocycles. The van der Waals surface area contributed by atoms with Crippen LogP contribution in [-0.2, 0) is 4.79 Å². The van der Waals surface area contributed by atoms with Gasteiger partial charge in [-0.3, -0.25) is 9.69 Å². The molecule has 1 fully saturated rings. The third-order valence-electron chi connectivity index (χ3n) is 3.96. The molecular weight excluding hydrogens is 324 g/mol. The van der Waals surface area contributed by atoms with Crippen LogP contribution in [0.3, 0.4) is 0 Å². The minimum absolute atomic E-state index is 0. The topological polar surface area (TPSA) is 44.4 Å². The summed E-state index contributed by atoms with van der Waals surface area (Å²) < 4.78 is 26.3. The Morgan fingerprint density at radius 3 is 2.61 bits per heavy atom. The van der Waals surface area contributed by atoms with Crippen LogP contribution in [0.5, 0.6) is 0 Å². The van der Waals surface area contributed by atoms with E-state index in [9.17, 15) is 13.6 Å². The molecule has 2 rings (SSSR count). The van der Waals surface area contributed by atoms with Crippen LogP contribution in [0.1, 0.15) is 19.8 Å².